The summed E-state index contributed by atoms with van der Waals surface area (Å²) in [6.07, 6.45) is 0. The molecule has 1 aromatic heterocycles. The Balaban J connectivity index is 2.12. The maximum Gasteiger partial charge on any atom is 0.0500 e. The van der Waals surface area contributed by atoms with Crippen LogP contribution in [0.25, 0.3) is 10.9 Å². The van der Waals surface area contributed by atoms with Crippen molar-refractivity contribution in [2.75, 3.05) is 31.1 Å². The van der Waals surface area contributed by atoms with Gasteiger partial charge in [0.05, 0.1) is 5.52 Å². The molecule has 1 saturated heterocycles. The van der Waals surface area contributed by atoms with Crippen LogP contribution >= 0.6 is 0 Å². The van der Waals surface area contributed by atoms with E-state index in [1.165, 1.54) is 22.3 Å². The summed E-state index contributed by atoms with van der Waals surface area (Å²) in [5, 5.41) is 4.79. The summed E-state index contributed by atoms with van der Waals surface area (Å²) in [5.74, 6) is 0. The molecule has 1 N–H and O–H groups in total. The molecule has 2 aromatic rings. The minimum atomic E-state index is 1.09. The standard InChI is InChI=1S/C14H19N3/c1-11-10-12-13(16(11)2)4-3-5-14(12)17-8-6-15-7-9-17/h3-5,10,15H,6-9H2,1-2H3. The summed E-state index contributed by atoms with van der Waals surface area (Å²) in [5.41, 5.74) is 4.04. The fourth-order valence-electron chi connectivity index (χ4n) is 2.66. The number of anilines is 1. The highest BCUT2D eigenvalue weighted by Crippen LogP contribution is 2.29. The fourth-order valence-corrected chi connectivity index (χ4v) is 2.66. The summed E-state index contributed by atoms with van der Waals surface area (Å²) in [4.78, 5) is 2.48. The van der Waals surface area contributed by atoms with Gasteiger partial charge in [-0.3, -0.25) is 0 Å². The molecular weight excluding hydrogens is 210 g/mol. The first-order valence-corrected chi connectivity index (χ1v) is 6.28. The van der Waals surface area contributed by atoms with E-state index in [4.69, 9.17) is 0 Å². The molecule has 0 spiro atoms. The molecule has 0 bridgehead atoms. The lowest BCUT2D eigenvalue weighted by Crippen LogP contribution is -2.43. The summed E-state index contributed by atoms with van der Waals surface area (Å²) in [6.45, 7) is 6.55. The van der Waals surface area contributed by atoms with Gasteiger partial charge < -0.3 is 14.8 Å². The maximum atomic E-state index is 3.40. The number of hydrogen-bond donors (Lipinski definition) is 1. The van der Waals surface area contributed by atoms with Crippen LogP contribution in [0.5, 0.6) is 0 Å². The molecule has 1 aromatic carbocycles. The Kier molecular flexibility index (Phi) is 2.56. The molecule has 0 saturated carbocycles. The van der Waals surface area contributed by atoms with Crippen molar-refractivity contribution in [2.24, 2.45) is 7.05 Å². The Morgan fingerprint density at radius 1 is 1.18 bits per heavy atom. The lowest BCUT2D eigenvalue weighted by molar-refractivity contribution is 0.590. The number of hydrogen-bond acceptors (Lipinski definition) is 2. The van der Waals surface area contributed by atoms with Crippen LogP contribution in [0.3, 0.4) is 0 Å². The third-order valence-electron chi connectivity index (χ3n) is 3.76. The number of benzene rings is 1. The summed E-state index contributed by atoms with van der Waals surface area (Å²) >= 11 is 0. The first-order chi connectivity index (χ1) is 8.27. The van der Waals surface area contributed by atoms with Gasteiger partial charge in [0.1, 0.15) is 0 Å². The zero-order valence-corrected chi connectivity index (χ0v) is 10.5. The van der Waals surface area contributed by atoms with E-state index in [1.807, 2.05) is 0 Å². The second-order valence-corrected chi connectivity index (χ2v) is 4.79. The van der Waals surface area contributed by atoms with Crippen LogP contribution in [0.2, 0.25) is 0 Å². The van der Waals surface area contributed by atoms with Gasteiger partial charge >= 0.3 is 0 Å². The molecule has 17 heavy (non-hydrogen) atoms. The van der Waals surface area contributed by atoms with E-state index in [0.717, 1.165) is 26.2 Å². The van der Waals surface area contributed by atoms with Gasteiger partial charge in [-0.1, -0.05) is 6.07 Å². The molecule has 0 amide bonds. The van der Waals surface area contributed by atoms with E-state index in [9.17, 15) is 0 Å². The third kappa shape index (κ3) is 1.71. The number of aromatic nitrogens is 1. The highest BCUT2D eigenvalue weighted by molar-refractivity contribution is 5.93. The smallest absolute Gasteiger partial charge is 0.0500 e. The second kappa shape index (κ2) is 4.08. The van der Waals surface area contributed by atoms with Gasteiger partial charge in [-0.15, -0.1) is 0 Å². The fraction of sp³-hybridized carbons (Fsp3) is 0.429. The maximum absolute atomic E-state index is 3.40. The molecule has 0 aliphatic carbocycles. The van der Waals surface area contributed by atoms with E-state index >= 15 is 0 Å². The lowest BCUT2D eigenvalue weighted by atomic mass is 10.2. The van der Waals surface area contributed by atoms with Crippen molar-refractivity contribution >= 4 is 16.6 Å². The number of piperazine rings is 1. The molecule has 3 heteroatoms. The monoisotopic (exact) mass is 229 g/mol. The summed E-state index contributed by atoms with van der Waals surface area (Å²) in [6, 6.07) is 8.91. The lowest BCUT2D eigenvalue weighted by Gasteiger charge is -2.30. The van der Waals surface area contributed by atoms with Gasteiger partial charge in [-0.25, -0.2) is 0 Å². The van der Waals surface area contributed by atoms with Crippen LogP contribution in [0, 0.1) is 6.92 Å². The Hall–Kier alpha value is -1.48. The average Bonchev–Trinajstić information content (AvgIpc) is 2.67. The summed E-state index contributed by atoms with van der Waals surface area (Å²) < 4.78 is 2.26. The topological polar surface area (TPSA) is 20.2 Å². The summed E-state index contributed by atoms with van der Waals surface area (Å²) in [7, 11) is 2.14. The Labute approximate surface area is 102 Å². The molecule has 1 aliphatic rings. The van der Waals surface area contributed by atoms with E-state index in [0.29, 0.717) is 0 Å². The molecule has 3 nitrogen and oxygen atoms in total. The van der Waals surface area contributed by atoms with Crippen LogP contribution in [-0.4, -0.2) is 30.7 Å². The number of nitrogens with zero attached hydrogens (tertiary/aromatic N) is 2. The van der Waals surface area contributed by atoms with Crippen LogP contribution in [0.4, 0.5) is 5.69 Å². The Bertz CT molecular complexity index is 536. The highest BCUT2D eigenvalue weighted by Gasteiger charge is 2.14. The normalized spacial score (nSPS) is 16.7. The largest absolute Gasteiger partial charge is 0.368 e. The molecule has 0 unspecified atom stereocenters. The number of nitrogens with one attached hydrogen (secondary N) is 1. The average molecular weight is 229 g/mol. The van der Waals surface area contributed by atoms with Crippen molar-refractivity contribution in [1.29, 1.82) is 0 Å². The number of rotatable bonds is 1. The van der Waals surface area contributed by atoms with Crippen LogP contribution in [0.15, 0.2) is 24.3 Å². The van der Waals surface area contributed by atoms with Gasteiger partial charge in [0.2, 0.25) is 0 Å². The van der Waals surface area contributed by atoms with Crippen LogP contribution in [0.1, 0.15) is 5.69 Å². The number of aryl methyl sites for hydroxylation is 2. The zero-order valence-electron chi connectivity index (χ0n) is 10.5. The van der Waals surface area contributed by atoms with E-state index in [-0.39, 0.29) is 0 Å². The van der Waals surface area contributed by atoms with Crippen LogP contribution in [-0.2, 0) is 7.05 Å². The van der Waals surface area contributed by atoms with E-state index in [1.54, 1.807) is 0 Å². The zero-order chi connectivity index (χ0) is 11.8. The van der Waals surface area contributed by atoms with Crippen molar-refractivity contribution in [3.8, 4) is 0 Å². The van der Waals surface area contributed by atoms with Crippen molar-refractivity contribution in [3.05, 3.63) is 30.0 Å². The van der Waals surface area contributed by atoms with Gasteiger partial charge in [0.15, 0.2) is 0 Å². The van der Waals surface area contributed by atoms with Crippen molar-refractivity contribution in [2.45, 2.75) is 6.92 Å². The predicted octanol–water partition coefficient (Wildman–Crippen LogP) is 1.90. The Morgan fingerprint density at radius 2 is 1.94 bits per heavy atom. The minimum absolute atomic E-state index is 1.09. The first kappa shape index (κ1) is 10.7. The Morgan fingerprint density at radius 3 is 2.71 bits per heavy atom. The minimum Gasteiger partial charge on any atom is -0.368 e. The van der Waals surface area contributed by atoms with Crippen molar-refractivity contribution < 1.29 is 0 Å². The molecule has 3 rings (SSSR count). The molecule has 90 valence electrons. The SMILES string of the molecule is Cc1cc2c(N3CCNCC3)cccc2n1C. The molecular formula is C14H19N3. The van der Waals surface area contributed by atoms with Gasteiger partial charge in [0, 0.05) is 50.0 Å². The van der Waals surface area contributed by atoms with Crippen LogP contribution < -0.4 is 10.2 Å². The molecule has 1 aliphatic heterocycles. The van der Waals surface area contributed by atoms with E-state index < -0.39 is 0 Å². The number of fused-ring (bicyclic) bond motifs is 1. The van der Waals surface area contributed by atoms with Crippen molar-refractivity contribution in [1.82, 2.24) is 9.88 Å². The highest BCUT2D eigenvalue weighted by atomic mass is 15.2. The molecule has 0 radical (unpaired) electrons. The van der Waals surface area contributed by atoms with Crippen molar-refractivity contribution in [3.63, 3.8) is 0 Å². The first-order valence-electron chi connectivity index (χ1n) is 6.28. The second-order valence-electron chi connectivity index (χ2n) is 4.79. The van der Waals surface area contributed by atoms with E-state index in [2.05, 4.69) is 53.0 Å². The van der Waals surface area contributed by atoms with Gasteiger partial charge in [-0.05, 0) is 25.1 Å². The predicted molar refractivity (Wildman–Crippen MR) is 72.7 cm³/mol. The molecule has 0 atom stereocenters. The van der Waals surface area contributed by atoms with Gasteiger partial charge in [-0.2, -0.15) is 0 Å². The quantitative estimate of drug-likeness (QED) is 0.806. The van der Waals surface area contributed by atoms with Gasteiger partial charge in [0.25, 0.3) is 0 Å². The third-order valence-corrected chi connectivity index (χ3v) is 3.76. The molecule has 2 heterocycles. The molecule has 1 fully saturated rings.